The standard InChI is InChI=1S/2C13H21NO2S/c2*1-2-3-4-5-6-7-8-12(15)14-11-9-10-17-13(11)16/h2*6-7,11H,2-5,8-10H2,1H3,(H,14,15)/b2*7-6+/t2*11-/m10/s1. The van der Waals surface area contributed by atoms with E-state index in [2.05, 4.69) is 36.6 Å². The second-order valence-electron chi connectivity index (χ2n) is 8.50. The van der Waals surface area contributed by atoms with Gasteiger partial charge >= 0.3 is 0 Å². The van der Waals surface area contributed by atoms with E-state index in [9.17, 15) is 19.2 Å². The van der Waals surface area contributed by atoms with Crippen LogP contribution >= 0.6 is 23.5 Å². The van der Waals surface area contributed by atoms with Gasteiger partial charge in [0.05, 0.1) is 12.1 Å². The molecule has 0 radical (unpaired) electrons. The number of hydrogen-bond donors (Lipinski definition) is 2. The van der Waals surface area contributed by atoms with E-state index in [1.54, 1.807) is 0 Å². The molecule has 2 heterocycles. The lowest BCUT2D eigenvalue weighted by Gasteiger charge is -2.08. The van der Waals surface area contributed by atoms with E-state index in [1.807, 2.05) is 12.2 Å². The van der Waals surface area contributed by atoms with Crippen LogP contribution in [-0.2, 0) is 19.2 Å². The van der Waals surface area contributed by atoms with Crippen LogP contribution in [0, 0.1) is 0 Å². The molecule has 0 aliphatic carbocycles. The molecule has 2 aliphatic heterocycles. The molecule has 0 aromatic rings. The Kier molecular flexibility index (Phi) is 17.7. The number of carbonyl (C=O) groups is 4. The van der Waals surface area contributed by atoms with Crippen molar-refractivity contribution in [2.45, 2.75) is 103 Å². The first-order valence-corrected chi connectivity index (χ1v) is 14.7. The molecule has 2 atom stereocenters. The molecule has 0 aromatic heterocycles. The Labute approximate surface area is 213 Å². The maximum Gasteiger partial charge on any atom is 0.224 e. The third-order valence-corrected chi connectivity index (χ3v) is 7.45. The van der Waals surface area contributed by atoms with E-state index in [0.29, 0.717) is 12.8 Å². The van der Waals surface area contributed by atoms with Gasteiger partial charge in [0.1, 0.15) is 0 Å². The monoisotopic (exact) mass is 510 g/mol. The van der Waals surface area contributed by atoms with Gasteiger partial charge in [-0.1, -0.05) is 87.4 Å². The molecule has 2 saturated heterocycles. The summed E-state index contributed by atoms with van der Waals surface area (Å²) >= 11 is 2.63. The van der Waals surface area contributed by atoms with Crippen molar-refractivity contribution in [3.63, 3.8) is 0 Å². The third-order valence-electron chi connectivity index (χ3n) is 5.43. The molecule has 8 heteroatoms. The number of amides is 2. The molecule has 0 bridgehead atoms. The average Bonchev–Trinajstić information content (AvgIpc) is 3.41. The SMILES string of the molecule is CCCCC/C=C/CC(=O)N[C@@H]1CCSC1=O.CCCCC/C=C/CC(=O)N[C@H]1CCSC1=O. The van der Waals surface area contributed by atoms with E-state index in [4.69, 9.17) is 0 Å². The summed E-state index contributed by atoms with van der Waals surface area (Å²) in [4.78, 5) is 45.6. The number of nitrogens with one attached hydrogen (secondary N) is 2. The van der Waals surface area contributed by atoms with Gasteiger partial charge in [-0.2, -0.15) is 0 Å². The zero-order valence-electron chi connectivity index (χ0n) is 20.8. The van der Waals surface area contributed by atoms with Crippen molar-refractivity contribution >= 4 is 45.6 Å². The van der Waals surface area contributed by atoms with Gasteiger partial charge < -0.3 is 10.6 Å². The van der Waals surface area contributed by atoms with E-state index >= 15 is 0 Å². The summed E-state index contributed by atoms with van der Waals surface area (Å²) in [6.07, 6.45) is 19.6. The highest BCUT2D eigenvalue weighted by atomic mass is 32.2. The fourth-order valence-corrected chi connectivity index (χ4v) is 5.27. The van der Waals surface area contributed by atoms with Crippen molar-refractivity contribution in [2.75, 3.05) is 11.5 Å². The second-order valence-corrected chi connectivity index (χ2v) is 10.7. The van der Waals surface area contributed by atoms with E-state index in [0.717, 1.165) is 37.2 Å². The van der Waals surface area contributed by atoms with Crippen LogP contribution in [0.2, 0.25) is 0 Å². The lowest BCUT2D eigenvalue weighted by Crippen LogP contribution is -2.36. The molecule has 2 N–H and O–H groups in total. The Hall–Kier alpha value is -1.54. The summed E-state index contributed by atoms with van der Waals surface area (Å²) < 4.78 is 0. The van der Waals surface area contributed by atoms with Gasteiger partial charge in [-0.3, -0.25) is 19.2 Å². The van der Waals surface area contributed by atoms with Crippen molar-refractivity contribution in [1.29, 1.82) is 0 Å². The number of carbonyl (C=O) groups excluding carboxylic acids is 4. The first-order valence-electron chi connectivity index (χ1n) is 12.7. The number of allylic oxidation sites excluding steroid dienone is 2. The van der Waals surface area contributed by atoms with Crippen molar-refractivity contribution in [1.82, 2.24) is 10.6 Å². The summed E-state index contributed by atoms with van der Waals surface area (Å²) in [5, 5.41) is 5.74. The van der Waals surface area contributed by atoms with Gasteiger partial charge in [0.25, 0.3) is 0 Å². The number of unbranched alkanes of at least 4 members (excludes halogenated alkanes) is 6. The minimum Gasteiger partial charge on any atom is -0.345 e. The van der Waals surface area contributed by atoms with Crippen LogP contribution in [0.15, 0.2) is 24.3 Å². The number of thioether (sulfide) groups is 2. The Morgan fingerprint density at radius 2 is 1.15 bits per heavy atom. The molecule has 2 amide bonds. The van der Waals surface area contributed by atoms with Gasteiger partial charge in [-0.15, -0.1) is 0 Å². The third kappa shape index (κ3) is 14.7. The highest BCUT2D eigenvalue weighted by Crippen LogP contribution is 2.20. The number of rotatable bonds is 14. The van der Waals surface area contributed by atoms with Gasteiger partial charge in [0, 0.05) is 24.3 Å². The highest BCUT2D eigenvalue weighted by Gasteiger charge is 2.26. The molecule has 2 fully saturated rings. The summed E-state index contributed by atoms with van der Waals surface area (Å²) in [6.45, 7) is 4.35. The fraction of sp³-hybridized carbons (Fsp3) is 0.692. The van der Waals surface area contributed by atoms with Crippen LogP contribution in [0.5, 0.6) is 0 Å². The van der Waals surface area contributed by atoms with E-state index < -0.39 is 0 Å². The van der Waals surface area contributed by atoms with Crippen LogP contribution in [-0.4, -0.2) is 45.6 Å². The minimum absolute atomic E-state index is 0.0439. The normalized spacial score (nSPS) is 20.1. The van der Waals surface area contributed by atoms with Crippen LogP contribution < -0.4 is 10.6 Å². The topological polar surface area (TPSA) is 92.3 Å². The maximum atomic E-state index is 11.5. The summed E-state index contributed by atoms with van der Waals surface area (Å²) in [5.41, 5.74) is 0. The molecular weight excluding hydrogens is 468 g/mol. The molecule has 34 heavy (non-hydrogen) atoms. The molecule has 0 spiro atoms. The van der Waals surface area contributed by atoms with E-state index in [-0.39, 0.29) is 34.1 Å². The smallest absolute Gasteiger partial charge is 0.224 e. The van der Waals surface area contributed by atoms with Gasteiger partial charge in [0.2, 0.25) is 22.0 Å². The van der Waals surface area contributed by atoms with Crippen LogP contribution in [0.1, 0.15) is 90.9 Å². The first-order chi connectivity index (χ1) is 16.5. The van der Waals surface area contributed by atoms with Gasteiger partial charge in [0.15, 0.2) is 0 Å². The summed E-state index contributed by atoms with van der Waals surface area (Å²) in [7, 11) is 0. The average molecular weight is 511 g/mol. The van der Waals surface area contributed by atoms with Gasteiger partial charge in [-0.25, -0.2) is 0 Å². The van der Waals surface area contributed by atoms with Crippen molar-refractivity contribution in [2.24, 2.45) is 0 Å². The van der Waals surface area contributed by atoms with Crippen molar-refractivity contribution < 1.29 is 19.2 Å². The molecule has 0 unspecified atom stereocenters. The van der Waals surface area contributed by atoms with E-state index in [1.165, 1.54) is 62.0 Å². The Bertz CT molecular complexity index is 636. The Morgan fingerprint density at radius 3 is 1.47 bits per heavy atom. The quantitative estimate of drug-likeness (QED) is 0.243. The molecule has 6 nitrogen and oxygen atoms in total. The Balaban J connectivity index is 0.000000340. The number of hydrogen-bond acceptors (Lipinski definition) is 6. The molecule has 2 aliphatic rings. The van der Waals surface area contributed by atoms with Gasteiger partial charge in [-0.05, 0) is 38.5 Å². The largest absolute Gasteiger partial charge is 0.345 e. The molecule has 2 rings (SSSR count). The lowest BCUT2D eigenvalue weighted by atomic mass is 10.2. The maximum absolute atomic E-state index is 11.5. The zero-order chi connectivity index (χ0) is 25.0. The van der Waals surface area contributed by atoms with Crippen molar-refractivity contribution in [3.8, 4) is 0 Å². The molecule has 0 saturated carbocycles. The fourth-order valence-electron chi connectivity index (χ4n) is 3.40. The highest BCUT2D eigenvalue weighted by molar-refractivity contribution is 8.14. The molecule has 0 aromatic carbocycles. The molecule has 192 valence electrons. The van der Waals surface area contributed by atoms with Crippen LogP contribution in [0.25, 0.3) is 0 Å². The first kappa shape index (κ1) is 30.5. The second kappa shape index (κ2) is 19.7. The summed E-state index contributed by atoms with van der Waals surface area (Å²) in [5.74, 6) is 1.57. The van der Waals surface area contributed by atoms with Crippen LogP contribution in [0.4, 0.5) is 0 Å². The predicted molar refractivity (Wildman–Crippen MR) is 144 cm³/mol. The summed E-state index contributed by atoms with van der Waals surface area (Å²) in [6, 6.07) is -0.498. The Morgan fingerprint density at radius 1 is 0.735 bits per heavy atom. The van der Waals surface area contributed by atoms with Crippen molar-refractivity contribution in [3.05, 3.63) is 24.3 Å². The zero-order valence-corrected chi connectivity index (χ0v) is 22.4. The molecular formula is C26H42N2O4S2. The van der Waals surface area contributed by atoms with Crippen LogP contribution in [0.3, 0.4) is 0 Å². The minimum atomic E-state index is -0.249. The lowest BCUT2D eigenvalue weighted by molar-refractivity contribution is -0.124. The predicted octanol–water partition coefficient (Wildman–Crippen LogP) is 5.32.